The van der Waals surface area contributed by atoms with E-state index >= 15 is 0 Å². The average Bonchev–Trinajstić information content (AvgIpc) is 1.84. The van der Waals surface area contributed by atoms with Crippen LogP contribution in [-0.4, -0.2) is 5.11 Å². The van der Waals surface area contributed by atoms with Crippen LogP contribution in [0.1, 0.15) is 5.56 Å². The number of halogens is 1. The SMILES string of the molecule is Cc1cc(I)c(N)cc1O. The van der Waals surface area contributed by atoms with Crippen LogP contribution in [0.3, 0.4) is 0 Å². The Balaban J connectivity index is 3.28. The lowest BCUT2D eigenvalue weighted by Crippen LogP contribution is -1.89. The van der Waals surface area contributed by atoms with Crippen molar-refractivity contribution < 1.29 is 5.11 Å². The smallest absolute Gasteiger partial charge is 0.120 e. The number of aryl methyl sites for hydroxylation is 1. The third kappa shape index (κ3) is 1.34. The van der Waals surface area contributed by atoms with Crippen molar-refractivity contribution in [1.29, 1.82) is 0 Å². The lowest BCUT2D eigenvalue weighted by molar-refractivity contribution is 0.471. The van der Waals surface area contributed by atoms with Crippen molar-refractivity contribution in [2.75, 3.05) is 5.73 Å². The van der Waals surface area contributed by atoms with Crippen LogP contribution in [-0.2, 0) is 0 Å². The number of nitrogens with two attached hydrogens (primary N) is 1. The Morgan fingerprint density at radius 1 is 1.50 bits per heavy atom. The van der Waals surface area contributed by atoms with Crippen molar-refractivity contribution in [3.05, 3.63) is 21.3 Å². The van der Waals surface area contributed by atoms with E-state index in [2.05, 4.69) is 22.6 Å². The molecule has 0 heterocycles. The third-order valence-electron chi connectivity index (χ3n) is 1.32. The van der Waals surface area contributed by atoms with E-state index in [1.165, 1.54) is 0 Å². The summed E-state index contributed by atoms with van der Waals surface area (Å²) in [6.45, 7) is 1.84. The first-order valence-corrected chi connectivity index (χ1v) is 3.93. The zero-order chi connectivity index (χ0) is 7.72. The van der Waals surface area contributed by atoms with Gasteiger partial charge in [0.2, 0.25) is 0 Å². The van der Waals surface area contributed by atoms with E-state index in [-0.39, 0.29) is 5.75 Å². The highest BCUT2D eigenvalue weighted by atomic mass is 127. The molecule has 2 nitrogen and oxygen atoms in total. The maximum absolute atomic E-state index is 9.14. The summed E-state index contributed by atoms with van der Waals surface area (Å²) in [5, 5.41) is 9.14. The number of hydrogen-bond acceptors (Lipinski definition) is 2. The molecule has 0 radical (unpaired) electrons. The van der Waals surface area contributed by atoms with E-state index in [4.69, 9.17) is 10.8 Å². The van der Waals surface area contributed by atoms with Gasteiger partial charge in [0.25, 0.3) is 0 Å². The Morgan fingerprint density at radius 3 is 2.60 bits per heavy atom. The fourth-order valence-corrected chi connectivity index (χ4v) is 1.30. The first-order valence-electron chi connectivity index (χ1n) is 2.86. The van der Waals surface area contributed by atoms with Gasteiger partial charge in [0.05, 0.1) is 0 Å². The third-order valence-corrected chi connectivity index (χ3v) is 2.25. The highest BCUT2D eigenvalue weighted by Gasteiger charge is 1.99. The van der Waals surface area contributed by atoms with Crippen LogP contribution in [0.25, 0.3) is 0 Å². The van der Waals surface area contributed by atoms with Crippen LogP contribution >= 0.6 is 22.6 Å². The number of aromatic hydroxyl groups is 1. The molecule has 0 aliphatic carbocycles. The van der Waals surface area contributed by atoms with Gasteiger partial charge in [0.1, 0.15) is 5.75 Å². The van der Waals surface area contributed by atoms with Crippen LogP contribution in [0.2, 0.25) is 0 Å². The van der Waals surface area contributed by atoms with Gasteiger partial charge in [-0.25, -0.2) is 0 Å². The predicted octanol–water partition coefficient (Wildman–Crippen LogP) is 1.89. The van der Waals surface area contributed by atoms with Crippen LogP contribution in [0.5, 0.6) is 5.75 Å². The molecule has 0 spiro atoms. The molecule has 0 aliphatic rings. The highest BCUT2D eigenvalue weighted by molar-refractivity contribution is 14.1. The largest absolute Gasteiger partial charge is 0.508 e. The Labute approximate surface area is 73.2 Å². The van der Waals surface area contributed by atoms with Gasteiger partial charge in [0.15, 0.2) is 0 Å². The van der Waals surface area contributed by atoms with Gasteiger partial charge in [0, 0.05) is 15.3 Å². The fraction of sp³-hybridized carbons (Fsp3) is 0.143. The zero-order valence-corrected chi connectivity index (χ0v) is 7.71. The second-order valence-electron chi connectivity index (χ2n) is 2.16. The van der Waals surface area contributed by atoms with Gasteiger partial charge in [-0.15, -0.1) is 0 Å². The van der Waals surface area contributed by atoms with Crippen molar-refractivity contribution in [2.45, 2.75) is 6.92 Å². The molecule has 10 heavy (non-hydrogen) atoms. The van der Waals surface area contributed by atoms with E-state index in [1.807, 2.05) is 13.0 Å². The van der Waals surface area contributed by atoms with E-state index in [9.17, 15) is 0 Å². The maximum Gasteiger partial charge on any atom is 0.120 e. The van der Waals surface area contributed by atoms with Crippen molar-refractivity contribution in [2.24, 2.45) is 0 Å². The van der Waals surface area contributed by atoms with Crippen LogP contribution in [0.4, 0.5) is 5.69 Å². The molecule has 0 amide bonds. The predicted molar refractivity (Wildman–Crippen MR) is 50.0 cm³/mol. The Hall–Kier alpha value is -0.450. The molecule has 0 aliphatic heterocycles. The summed E-state index contributed by atoms with van der Waals surface area (Å²) in [6.07, 6.45) is 0. The number of rotatable bonds is 0. The summed E-state index contributed by atoms with van der Waals surface area (Å²) in [7, 11) is 0. The summed E-state index contributed by atoms with van der Waals surface area (Å²) in [4.78, 5) is 0. The van der Waals surface area contributed by atoms with Gasteiger partial charge in [-0.2, -0.15) is 0 Å². The van der Waals surface area contributed by atoms with Crippen molar-refractivity contribution in [3.63, 3.8) is 0 Å². The minimum atomic E-state index is 0.262. The van der Waals surface area contributed by atoms with Crippen LogP contribution < -0.4 is 5.73 Å². The summed E-state index contributed by atoms with van der Waals surface area (Å²) < 4.78 is 0.980. The lowest BCUT2D eigenvalue weighted by atomic mass is 10.2. The summed E-state index contributed by atoms with van der Waals surface area (Å²) in [5.41, 5.74) is 7.01. The number of anilines is 1. The number of phenolic OH excluding ortho intramolecular Hbond substituents is 1. The molecule has 0 aromatic heterocycles. The second kappa shape index (κ2) is 2.65. The molecule has 54 valence electrons. The summed E-state index contributed by atoms with van der Waals surface area (Å²) in [5.74, 6) is 0.262. The average molecular weight is 249 g/mol. The minimum Gasteiger partial charge on any atom is -0.508 e. The van der Waals surface area contributed by atoms with Crippen molar-refractivity contribution >= 4 is 28.3 Å². The molecular weight excluding hydrogens is 241 g/mol. The quantitative estimate of drug-likeness (QED) is 0.544. The molecule has 1 rings (SSSR count). The second-order valence-corrected chi connectivity index (χ2v) is 3.32. The molecule has 0 unspecified atom stereocenters. The van der Waals surface area contributed by atoms with Crippen LogP contribution in [0.15, 0.2) is 12.1 Å². The van der Waals surface area contributed by atoms with E-state index < -0.39 is 0 Å². The van der Waals surface area contributed by atoms with Gasteiger partial charge >= 0.3 is 0 Å². The summed E-state index contributed by atoms with van der Waals surface area (Å²) in [6, 6.07) is 3.42. The summed E-state index contributed by atoms with van der Waals surface area (Å²) >= 11 is 2.13. The van der Waals surface area contributed by atoms with Gasteiger partial charge < -0.3 is 10.8 Å². The van der Waals surface area contributed by atoms with E-state index in [1.54, 1.807) is 6.07 Å². The van der Waals surface area contributed by atoms with E-state index in [0.29, 0.717) is 5.69 Å². The molecule has 0 fully saturated rings. The number of hydrogen-bond donors (Lipinski definition) is 2. The highest BCUT2D eigenvalue weighted by Crippen LogP contribution is 2.24. The number of phenols is 1. The van der Waals surface area contributed by atoms with Crippen LogP contribution in [0, 0.1) is 10.5 Å². The topological polar surface area (TPSA) is 46.2 Å². The standard InChI is InChI=1S/C7H8INO/c1-4-2-5(8)6(9)3-7(4)10/h2-3,10H,9H2,1H3. The molecule has 1 aromatic rings. The monoisotopic (exact) mass is 249 g/mol. The normalized spacial score (nSPS) is 9.80. The Morgan fingerprint density at radius 2 is 2.10 bits per heavy atom. The first kappa shape index (κ1) is 7.65. The molecule has 1 aromatic carbocycles. The zero-order valence-electron chi connectivity index (χ0n) is 5.56. The van der Waals surface area contributed by atoms with Crippen molar-refractivity contribution in [3.8, 4) is 5.75 Å². The van der Waals surface area contributed by atoms with E-state index in [0.717, 1.165) is 9.13 Å². The number of nitrogen functional groups attached to an aromatic ring is 1. The first-order chi connectivity index (χ1) is 4.61. The Kier molecular flexibility index (Phi) is 2.03. The lowest BCUT2D eigenvalue weighted by Gasteiger charge is -2.01. The molecule has 0 saturated heterocycles. The molecule has 3 heteroatoms. The van der Waals surface area contributed by atoms with Gasteiger partial charge in [-0.3, -0.25) is 0 Å². The maximum atomic E-state index is 9.14. The van der Waals surface area contributed by atoms with Crippen molar-refractivity contribution in [1.82, 2.24) is 0 Å². The molecule has 0 atom stereocenters. The molecular formula is C7H8INO. The number of benzene rings is 1. The molecule has 3 N–H and O–H groups in total. The fourth-order valence-electron chi connectivity index (χ4n) is 0.677. The van der Waals surface area contributed by atoms with Gasteiger partial charge in [-0.05, 0) is 41.1 Å². The molecule has 0 saturated carbocycles. The van der Waals surface area contributed by atoms with Gasteiger partial charge in [-0.1, -0.05) is 0 Å². The molecule has 0 bridgehead atoms. The Bertz CT molecular complexity index is 210. The minimum absolute atomic E-state index is 0.262.